The summed E-state index contributed by atoms with van der Waals surface area (Å²) in [5, 5.41) is 27.9. The van der Waals surface area contributed by atoms with Gasteiger partial charge >= 0.3 is 12.1 Å². The van der Waals surface area contributed by atoms with E-state index in [9.17, 15) is 22.7 Å². The minimum atomic E-state index is -5.08. The molecule has 0 saturated carbocycles. The molecule has 3 aromatic rings. The number of ether oxygens (including phenoxy) is 1. The van der Waals surface area contributed by atoms with Crippen LogP contribution >= 0.6 is 0 Å². The normalized spacial score (nSPS) is 14.5. The van der Waals surface area contributed by atoms with Crippen LogP contribution in [-0.2, 0) is 10.4 Å². The monoisotopic (exact) mass is 558 g/mol. The molecule has 10 heteroatoms. The molecule has 1 aliphatic rings. The van der Waals surface area contributed by atoms with Gasteiger partial charge in [-0.25, -0.2) is 9.18 Å². The fraction of sp³-hybridized carbons (Fsp3) is 0.333. The molecule has 212 valence electrons. The van der Waals surface area contributed by atoms with Crippen molar-refractivity contribution in [2.24, 2.45) is 5.92 Å². The summed E-state index contributed by atoms with van der Waals surface area (Å²) in [7, 11) is 0. The molecule has 4 rings (SSSR count). The third-order valence-electron chi connectivity index (χ3n) is 6.79. The van der Waals surface area contributed by atoms with Gasteiger partial charge in [-0.1, -0.05) is 60.7 Å². The molecular weight excluding hydrogens is 528 g/mol. The molecule has 1 heterocycles. The Labute approximate surface area is 230 Å². The van der Waals surface area contributed by atoms with E-state index in [1.165, 1.54) is 12.1 Å². The number of hydrogen-bond acceptors (Lipinski definition) is 5. The lowest BCUT2D eigenvalue weighted by Gasteiger charge is -2.42. The van der Waals surface area contributed by atoms with Crippen LogP contribution in [0.4, 0.5) is 17.6 Å². The van der Waals surface area contributed by atoms with Crippen LogP contribution in [0.1, 0.15) is 36.0 Å². The molecule has 3 aromatic carbocycles. The number of alkyl halides is 3. The van der Waals surface area contributed by atoms with Crippen LogP contribution in [0.3, 0.4) is 0 Å². The molecule has 0 aliphatic carbocycles. The predicted molar refractivity (Wildman–Crippen MR) is 140 cm³/mol. The van der Waals surface area contributed by atoms with Crippen LogP contribution in [0.5, 0.6) is 5.75 Å². The first-order valence-electron chi connectivity index (χ1n) is 12.7. The molecule has 1 saturated heterocycles. The number of carbonyl (C=O) groups is 1. The highest BCUT2D eigenvalue weighted by Gasteiger charge is 2.41. The van der Waals surface area contributed by atoms with Crippen LogP contribution in [0.15, 0.2) is 78.9 Å². The molecule has 0 spiro atoms. The lowest BCUT2D eigenvalue weighted by molar-refractivity contribution is -0.192. The summed E-state index contributed by atoms with van der Waals surface area (Å²) in [6, 6.07) is 26.1. The second-order valence-electron chi connectivity index (χ2n) is 9.38. The molecule has 0 atom stereocenters. The number of halogens is 4. The van der Waals surface area contributed by atoms with Crippen molar-refractivity contribution in [3.05, 3.63) is 101 Å². The summed E-state index contributed by atoms with van der Waals surface area (Å²) in [5.41, 5.74) is 1.15. The molecule has 1 aliphatic heterocycles. The highest BCUT2D eigenvalue weighted by atomic mass is 19.4. The number of nitriles is 1. The first kappa shape index (κ1) is 30.6. The van der Waals surface area contributed by atoms with Crippen molar-refractivity contribution in [2.75, 3.05) is 26.2 Å². The van der Waals surface area contributed by atoms with Crippen molar-refractivity contribution in [3.8, 4) is 11.8 Å². The number of aliphatic hydroxyl groups is 1. The van der Waals surface area contributed by atoms with E-state index in [-0.39, 0.29) is 17.2 Å². The summed E-state index contributed by atoms with van der Waals surface area (Å²) in [6.45, 7) is 3.08. The third-order valence-corrected chi connectivity index (χ3v) is 6.79. The van der Waals surface area contributed by atoms with E-state index in [0.29, 0.717) is 6.61 Å². The second kappa shape index (κ2) is 13.9. The minimum absolute atomic E-state index is 0.127. The Balaban J connectivity index is 0.000000559. The largest absolute Gasteiger partial charge is 0.490 e. The van der Waals surface area contributed by atoms with E-state index in [1.54, 1.807) is 6.07 Å². The van der Waals surface area contributed by atoms with Gasteiger partial charge in [0.25, 0.3) is 0 Å². The lowest BCUT2D eigenvalue weighted by Crippen LogP contribution is -2.44. The fourth-order valence-electron chi connectivity index (χ4n) is 4.75. The molecule has 0 unspecified atom stereocenters. The van der Waals surface area contributed by atoms with Gasteiger partial charge in [-0.2, -0.15) is 18.4 Å². The highest BCUT2D eigenvalue weighted by molar-refractivity contribution is 5.73. The maximum Gasteiger partial charge on any atom is 0.490 e. The van der Waals surface area contributed by atoms with Gasteiger partial charge in [-0.15, -0.1) is 0 Å². The number of piperidine rings is 1. The van der Waals surface area contributed by atoms with Crippen LogP contribution in [0, 0.1) is 23.1 Å². The Morgan fingerprint density at radius 3 is 1.95 bits per heavy atom. The number of nitrogens with zero attached hydrogens (tertiary/aromatic N) is 2. The maximum atomic E-state index is 13.9. The highest BCUT2D eigenvalue weighted by Crippen LogP contribution is 2.41. The Morgan fingerprint density at radius 1 is 0.975 bits per heavy atom. The summed E-state index contributed by atoms with van der Waals surface area (Å²) in [5.74, 6) is -2.95. The Bertz CT molecular complexity index is 1230. The number of carboxylic acids is 1. The number of rotatable bonds is 8. The quantitative estimate of drug-likeness (QED) is 0.270. The first-order chi connectivity index (χ1) is 19.1. The van der Waals surface area contributed by atoms with E-state index in [0.717, 1.165) is 50.0 Å². The zero-order valence-electron chi connectivity index (χ0n) is 21.6. The molecule has 2 N–H and O–H groups in total. The van der Waals surface area contributed by atoms with Crippen LogP contribution < -0.4 is 4.74 Å². The molecule has 1 fully saturated rings. The van der Waals surface area contributed by atoms with Crippen molar-refractivity contribution in [3.63, 3.8) is 0 Å². The van der Waals surface area contributed by atoms with E-state index in [1.807, 2.05) is 66.7 Å². The number of carboxylic acid groups (broad SMARTS) is 1. The SMILES string of the molecule is N#Cc1ccc(OCCCN2CCC(C(O)(c3ccccc3)c3ccccc3)CC2)c(F)c1.O=C(O)C(F)(F)F. The van der Waals surface area contributed by atoms with Crippen molar-refractivity contribution in [1.29, 1.82) is 5.26 Å². The predicted octanol–water partition coefficient (Wildman–Crippen LogP) is 5.75. The molecule has 6 nitrogen and oxygen atoms in total. The smallest absolute Gasteiger partial charge is 0.490 e. The molecule has 0 bridgehead atoms. The van der Waals surface area contributed by atoms with Gasteiger partial charge in [0, 0.05) is 6.54 Å². The first-order valence-corrected chi connectivity index (χ1v) is 12.7. The minimum Gasteiger partial charge on any atom is -0.490 e. The zero-order valence-corrected chi connectivity index (χ0v) is 21.6. The fourth-order valence-corrected chi connectivity index (χ4v) is 4.75. The van der Waals surface area contributed by atoms with Gasteiger partial charge in [0.15, 0.2) is 11.6 Å². The van der Waals surface area contributed by atoms with Crippen LogP contribution in [0.2, 0.25) is 0 Å². The third kappa shape index (κ3) is 8.04. The van der Waals surface area contributed by atoms with Gasteiger partial charge in [-0.3, -0.25) is 0 Å². The number of benzene rings is 3. The Kier molecular flexibility index (Phi) is 10.6. The van der Waals surface area contributed by atoms with Crippen LogP contribution in [0.25, 0.3) is 0 Å². The van der Waals surface area contributed by atoms with Crippen molar-refractivity contribution in [1.82, 2.24) is 4.90 Å². The number of likely N-dealkylation sites (tertiary alicyclic amines) is 1. The molecule has 40 heavy (non-hydrogen) atoms. The Morgan fingerprint density at radius 2 is 1.50 bits per heavy atom. The standard InChI is InChI=1S/C28H29FN2O2.C2HF3O2/c29-26-20-22(21-30)12-13-27(26)33-19-7-16-31-17-14-25(15-18-31)28(32,23-8-3-1-4-9-23)24-10-5-2-6-11-24;3-2(4,5)1(6)7/h1-6,8-13,20,25,32H,7,14-19H2;(H,6,7). The van der Waals surface area contributed by atoms with Gasteiger partial charge in [-0.05, 0) is 67.6 Å². The van der Waals surface area contributed by atoms with Gasteiger partial charge in [0.2, 0.25) is 0 Å². The number of hydrogen-bond donors (Lipinski definition) is 2. The van der Waals surface area contributed by atoms with Crippen molar-refractivity contribution >= 4 is 5.97 Å². The average Bonchev–Trinajstić information content (AvgIpc) is 2.96. The molecule has 0 aromatic heterocycles. The van der Waals surface area contributed by atoms with E-state index < -0.39 is 23.6 Å². The van der Waals surface area contributed by atoms with Crippen LogP contribution in [-0.4, -0.2) is 53.5 Å². The van der Waals surface area contributed by atoms with Gasteiger partial charge in [0.1, 0.15) is 5.60 Å². The molecule has 0 amide bonds. The maximum absolute atomic E-state index is 13.9. The zero-order chi connectivity index (χ0) is 29.2. The topological polar surface area (TPSA) is 93.8 Å². The Hall–Kier alpha value is -3.94. The molecule has 0 radical (unpaired) electrons. The number of aliphatic carboxylic acids is 1. The summed E-state index contributed by atoms with van der Waals surface area (Å²) in [4.78, 5) is 11.3. The van der Waals surface area contributed by atoms with E-state index in [2.05, 4.69) is 4.90 Å². The molecular formula is C30H30F4N2O4. The van der Waals surface area contributed by atoms with Crippen molar-refractivity contribution in [2.45, 2.75) is 31.0 Å². The second-order valence-corrected chi connectivity index (χ2v) is 9.38. The summed E-state index contributed by atoms with van der Waals surface area (Å²) < 4.78 is 51.2. The van der Waals surface area contributed by atoms with Gasteiger partial charge in [0.05, 0.1) is 18.2 Å². The van der Waals surface area contributed by atoms with E-state index >= 15 is 0 Å². The lowest BCUT2D eigenvalue weighted by atomic mass is 9.72. The van der Waals surface area contributed by atoms with Gasteiger partial charge < -0.3 is 19.8 Å². The summed E-state index contributed by atoms with van der Waals surface area (Å²) in [6.07, 6.45) is -2.51. The van der Waals surface area contributed by atoms with Crippen molar-refractivity contribution < 1.29 is 37.3 Å². The summed E-state index contributed by atoms with van der Waals surface area (Å²) >= 11 is 0. The average molecular weight is 559 g/mol. The van der Waals surface area contributed by atoms with E-state index in [4.69, 9.17) is 19.9 Å².